The highest BCUT2D eigenvalue weighted by molar-refractivity contribution is 5.82. The number of rotatable bonds is 5. The van der Waals surface area contributed by atoms with Crippen molar-refractivity contribution >= 4 is 5.97 Å². The van der Waals surface area contributed by atoms with Crippen LogP contribution in [-0.4, -0.2) is 59.5 Å². The Labute approximate surface area is 179 Å². The van der Waals surface area contributed by atoms with Gasteiger partial charge in [-0.05, 0) is 45.1 Å². The first-order valence-corrected chi connectivity index (χ1v) is 11.5. The van der Waals surface area contributed by atoms with E-state index in [2.05, 4.69) is 17.6 Å². The SMILES string of the molecule is C=CCN1CC[C@]23C4C5CCC(OC(=O)/C=C/C=C/C)C4O[C@H]2[C@@H](O)C=CC3[C@H]1C5. The molecule has 2 heterocycles. The number of aliphatic hydroxyl groups excluding tert-OH is 1. The highest BCUT2D eigenvalue weighted by atomic mass is 16.6. The molecule has 5 aliphatic rings. The Hall–Kier alpha value is -1.69. The predicted octanol–water partition coefficient (Wildman–Crippen LogP) is 3.02. The smallest absolute Gasteiger partial charge is 0.331 e. The summed E-state index contributed by atoms with van der Waals surface area (Å²) in [5, 5.41) is 10.9. The maximum absolute atomic E-state index is 12.4. The molecule has 1 spiro atoms. The fourth-order valence-corrected chi connectivity index (χ4v) is 7.46. The van der Waals surface area contributed by atoms with Gasteiger partial charge in [0.15, 0.2) is 0 Å². The minimum absolute atomic E-state index is 0.0457. The summed E-state index contributed by atoms with van der Waals surface area (Å²) in [5.41, 5.74) is -0.0457. The second kappa shape index (κ2) is 7.77. The summed E-state index contributed by atoms with van der Waals surface area (Å²) < 4.78 is 12.5. The van der Waals surface area contributed by atoms with Crippen LogP contribution in [-0.2, 0) is 14.3 Å². The first-order chi connectivity index (χ1) is 14.6. The molecule has 2 saturated heterocycles. The molecule has 0 aromatic heterocycles. The standard InChI is InChI=1S/C25H33NO4/c1-3-5-6-7-21(28)29-20-11-8-16-15-18-17-9-10-19(27)24-25(17,22(16)23(20)30-24)12-14-26(18)13-4-2/h3-7,9-10,16-20,22-24,27H,2,8,11-15H2,1H3/b5-3+,7-6+/t16?,17?,18-,19+,20?,22?,23?,24+,25+/m1/s1. The lowest BCUT2D eigenvalue weighted by Gasteiger charge is -2.62. The van der Waals surface area contributed by atoms with Gasteiger partial charge in [-0.1, -0.05) is 36.5 Å². The number of piperidine rings is 1. The summed E-state index contributed by atoms with van der Waals surface area (Å²) in [6.45, 7) is 7.80. The third-order valence-electron chi connectivity index (χ3n) is 8.38. The summed E-state index contributed by atoms with van der Waals surface area (Å²) in [4.78, 5) is 14.9. The van der Waals surface area contributed by atoms with Gasteiger partial charge in [-0.3, -0.25) is 4.90 Å². The van der Waals surface area contributed by atoms with Gasteiger partial charge in [0.1, 0.15) is 6.10 Å². The Morgan fingerprint density at radius 3 is 3.03 bits per heavy atom. The minimum Gasteiger partial charge on any atom is -0.456 e. The maximum atomic E-state index is 12.4. The Balaban J connectivity index is 1.45. The van der Waals surface area contributed by atoms with Crippen molar-refractivity contribution in [1.29, 1.82) is 0 Å². The van der Waals surface area contributed by atoms with Crippen molar-refractivity contribution in [3.8, 4) is 0 Å². The molecule has 4 fully saturated rings. The number of nitrogens with zero attached hydrogens (tertiary/aromatic N) is 1. The Morgan fingerprint density at radius 1 is 1.37 bits per heavy atom. The quantitative estimate of drug-likeness (QED) is 0.326. The molecule has 9 atom stereocenters. The van der Waals surface area contributed by atoms with E-state index in [4.69, 9.17) is 9.47 Å². The number of hydrogen-bond donors (Lipinski definition) is 1. The number of carbonyl (C=O) groups is 1. The summed E-state index contributed by atoms with van der Waals surface area (Å²) >= 11 is 0. The van der Waals surface area contributed by atoms with Gasteiger partial charge in [-0.15, -0.1) is 6.58 Å². The van der Waals surface area contributed by atoms with Crippen LogP contribution >= 0.6 is 0 Å². The van der Waals surface area contributed by atoms with E-state index in [1.807, 2.05) is 31.2 Å². The third-order valence-corrected chi connectivity index (χ3v) is 8.38. The Kier molecular flexibility index (Phi) is 5.24. The molecular weight excluding hydrogens is 378 g/mol. The van der Waals surface area contributed by atoms with Gasteiger partial charge >= 0.3 is 5.97 Å². The van der Waals surface area contributed by atoms with Crippen molar-refractivity contribution in [3.63, 3.8) is 0 Å². The van der Waals surface area contributed by atoms with Crippen LogP contribution in [0.3, 0.4) is 0 Å². The summed E-state index contributed by atoms with van der Waals surface area (Å²) in [7, 11) is 0. The lowest BCUT2D eigenvalue weighted by Crippen LogP contribution is -2.67. The zero-order valence-corrected chi connectivity index (χ0v) is 17.7. The highest BCUT2D eigenvalue weighted by Crippen LogP contribution is 2.67. The van der Waals surface area contributed by atoms with Crippen molar-refractivity contribution in [2.45, 2.75) is 63.1 Å². The zero-order chi connectivity index (χ0) is 20.9. The number of allylic oxidation sites excluding steroid dienone is 3. The Bertz CT molecular complexity index is 788. The van der Waals surface area contributed by atoms with Crippen LogP contribution in [0, 0.1) is 23.2 Å². The van der Waals surface area contributed by atoms with Crippen LogP contribution in [0.1, 0.15) is 32.6 Å². The average molecular weight is 412 g/mol. The van der Waals surface area contributed by atoms with Gasteiger partial charge in [0.05, 0.1) is 18.3 Å². The second-order valence-electron chi connectivity index (χ2n) is 9.60. The van der Waals surface area contributed by atoms with Gasteiger partial charge in [-0.25, -0.2) is 4.79 Å². The van der Waals surface area contributed by atoms with E-state index in [0.717, 1.165) is 38.8 Å². The zero-order valence-electron chi connectivity index (χ0n) is 17.7. The molecule has 5 unspecified atom stereocenters. The maximum Gasteiger partial charge on any atom is 0.331 e. The van der Waals surface area contributed by atoms with E-state index in [1.165, 1.54) is 6.08 Å². The van der Waals surface area contributed by atoms with E-state index < -0.39 is 6.10 Å². The molecule has 5 heteroatoms. The van der Waals surface area contributed by atoms with E-state index in [9.17, 15) is 9.90 Å². The molecule has 1 N–H and O–H groups in total. The minimum atomic E-state index is -0.580. The third kappa shape index (κ3) is 2.89. The van der Waals surface area contributed by atoms with E-state index in [-0.39, 0.29) is 29.7 Å². The number of esters is 1. The highest BCUT2D eigenvalue weighted by Gasteiger charge is 2.71. The number of hydrogen-bond acceptors (Lipinski definition) is 5. The number of likely N-dealkylation sites (tertiary alicyclic amines) is 1. The van der Waals surface area contributed by atoms with Gasteiger partial charge in [0, 0.05) is 35.9 Å². The van der Waals surface area contributed by atoms with Gasteiger partial charge in [0.2, 0.25) is 0 Å². The molecule has 2 aliphatic heterocycles. The molecular formula is C25H33NO4. The number of ether oxygens (including phenoxy) is 2. The van der Waals surface area contributed by atoms with Crippen LogP contribution in [0.5, 0.6) is 0 Å². The summed E-state index contributed by atoms with van der Waals surface area (Å²) in [5.74, 6) is 0.980. The second-order valence-corrected chi connectivity index (χ2v) is 9.60. The molecule has 30 heavy (non-hydrogen) atoms. The lowest BCUT2D eigenvalue weighted by molar-refractivity contribution is -0.161. The van der Waals surface area contributed by atoms with E-state index in [0.29, 0.717) is 23.8 Å². The van der Waals surface area contributed by atoms with Crippen molar-refractivity contribution in [2.24, 2.45) is 23.2 Å². The molecule has 0 amide bonds. The summed E-state index contributed by atoms with van der Waals surface area (Å²) in [6.07, 6.45) is 16.0. The van der Waals surface area contributed by atoms with Gasteiger partial charge in [0.25, 0.3) is 0 Å². The van der Waals surface area contributed by atoms with Crippen LogP contribution in [0.15, 0.2) is 49.1 Å². The molecule has 162 valence electrons. The van der Waals surface area contributed by atoms with Gasteiger partial charge in [-0.2, -0.15) is 0 Å². The monoisotopic (exact) mass is 411 g/mol. The van der Waals surface area contributed by atoms with E-state index in [1.54, 1.807) is 6.08 Å². The van der Waals surface area contributed by atoms with Crippen molar-refractivity contribution in [3.05, 3.63) is 49.1 Å². The first-order valence-electron chi connectivity index (χ1n) is 11.5. The molecule has 2 bridgehead atoms. The van der Waals surface area contributed by atoms with Crippen LogP contribution in [0.4, 0.5) is 0 Å². The fourth-order valence-electron chi connectivity index (χ4n) is 7.46. The largest absolute Gasteiger partial charge is 0.456 e. The first kappa shape index (κ1) is 20.2. The number of carbonyl (C=O) groups excluding carboxylic acids is 1. The van der Waals surface area contributed by atoms with Crippen molar-refractivity contribution < 1.29 is 19.4 Å². The topological polar surface area (TPSA) is 59.0 Å². The summed E-state index contributed by atoms with van der Waals surface area (Å²) in [6, 6.07) is 0.481. The molecule has 2 saturated carbocycles. The van der Waals surface area contributed by atoms with E-state index >= 15 is 0 Å². The fraction of sp³-hybridized carbons (Fsp3) is 0.640. The molecule has 5 rings (SSSR count). The molecule has 3 aliphatic carbocycles. The molecule has 0 aromatic rings. The molecule has 0 aromatic carbocycles. The average Bonchev–Trinajstić information content (AvgIpc) is 3.08. The molecule has 0 radical (unpaired) electrons. The van der Waals surface area contributed by atoms with Crippen LogP contribution in [0.2, 0.25) is 0 Å². The van der Waals surface area contributed by atoms with Crippen LogP contribution < -0.4 is 0 Å². The predicted molar refractivity (Wildman–Crippen MR) is 115 cm³/mol. The van der Waals surface area contributed by atoms with Crippen LogP contribution in [0.25, 0.3) is 0 Å². The lowest BCUT2D eigenvalue weighted by atomic mass is 9.46. The molecule has 5 nitrogen and oxygen atoms in total. The number of aliphatic hydroxyl groups is 1. The van der Waals surface area contributed by atoms with Crippen molar-refractivity contribution in [1.82, 2.24) is 4.90 Å². The van der Waals surface area contributed by atoms with Crippen molar-refractivity contribution in [2.75, 3.05) is 13.1 Å². The Morgan fingerprint density at radius 2 is 2.23 bits per heavy atom. The van der Waals surface area contributed by atoms with Gasteiger partial charge < -0.3 is 14.6 Å². The normalized spacial score (nSPS) is 46.9.